The summed E-state index contributed by atoms with van der Waals surface area (Å²) in [6.45, 7) is 2.52. The highest BCUT2D eigenvalue weighted by Crippen LogP contribution is 2.45. The van der Waals surface area contributed by atoms with Crippen LogP contribution in [-0.4, -0.2) is 78.5 Å². The van der Waals surface area contributed by atoms with Crippen molar-refractivity contribution >= 4 is 11.9 Å². The summed E-state index contributed by atoms with van der Waals surface area (Å²) in [5.74, 6) is 0.931. The molecule has 31 heavy (non-hydrogen) atoms. The molecule has 7 nitrogen and oxygen atoms in total. The summed E-state index contributed by atoms with van der Waals surface area (Å²) < 4.78 is 0. The van der Waals surface area contributed by atoms with E-state index in [1.165, 1.54) is 5.56 Å². The second-order valence-corrected chi connectivity index (χ2v) is 9.68. The first-order valence-corrected chi connectivity index (χ1v) is 11.3. The van der Waals surface area contributed by atoms with Crippen LogP contribution in [0.2, 0.25) is 0 Å². The number of nitrogens with one attached hydrogen (secondary N) is 1. The topological polar surface area (TPSA) is 79.7 Å². The minimum atomic E-state index is -0.284. The second-order valence-electron chi connectivity index (χ2n) is 9.68. The zero-order chi connectivity index (χ0) is 22.0. The molecule has 0 radical (unpaired) electrons. The maximum Gasteiger partial charge on any atom is 0.319 e. The quantitative estimate of drug-likeness (QED) is 0.787. The normalized spacial score (nSPS) is 29.6. The number of carbonyl (C=O) groups excluding carboxylic acids is 2. The third-order valence-electron chi connectivity index (χ3n) is 7.26. The van der Waals surface area contributed by atoms with E-state index in [1.54, 1.807) is 23.9 Å². The van der Waals surface area contributed by atoms with Crippen molar-refractivity contribution in [1.29, 1.82) is 5.26 Å². The van der Waals surface area contributed by atoms with Gasteiger partial charge in [-0.25, -0.2) is 4.79 Å². The molecule has 1 N–H and O–H groups in total. The number of likely N-dealkylation sites (tertiary alicyclic amines) is 2. The van der Waals surface area contributed by atoms with E-state index in [1.807, 2.05) is 11.0 Å². The molecule has 1 aromatic carbocycles. The molecule has 4 atom stereocenters. The highest BCUT2D eigenvalue weighted by molar-refractivity contribution is 5.79. The molecule has 1 saturated carbocycles. The van der Waals surface area contributed by atoms with Crippen molar-refractivity contribution in [3.05, 3.63) is 35.9 Å². The van der Waals surface area contributed by atoms with Crippen LogP contribution < -0.4 is 5.32 Å². The standard InChI is InChI=1S/C24H33N5O2/c1-27(2)23(31)28-16-19-12-24(13-20(19)17-28,11-18-7-4-3-5-8-18)26-15-22(30)29-10-6-9-21(29)14-25/h3-5,7-8,19-21,26H,6,9-13,15-17H2,1-2H3/t19-,20+,21-,24-/m0/s1. The Hall–Kier alpha value is -2.59. The Balaban J connectivity index is 1.45. The Morgan fingerprint density at radius 1 is 1.19 bits per heavy atom. The molecule has 4 rings (SSSR count). The van der Waals surface area contributed by atoms with Gasteiger partial charge in [0.2, 0.25) is 5.91 Å². The zero-order valence-corrected chi connectivity index (χ0v) is 18.6. The monoisotopic (exact) mass is 423 g/mol. The van der Waals surface area contributed by atoms with E-state index < -0.39 is 0 Å². The number of urea groups is 1. The van der Waals surface area contributed by atoms with Crippen molar-refractivity contribution in [2.75, 3.05) is 40.3 Å². The summed E-state index contributed by atoms with van der Waals surface area (Å²) in [4.78, 5) is 30.6. The average Bonchev–Trinajstić information content (AvgIpc) is 3.46. The van der Waals surface area contributed by atoms with Gasteiger partial charge in [-0.15, -0.1) is 0 Å². The molecule has 3 aliphatic rings. The van der Waals surface area contributed by atoms with Gasteiger partial charge in [-0.05, 0) is 49.5 Å². The summed E-state index contributed by atoms with van der Waals surface area (Å²) in [5, 5.41) is 13.0. The number of rotatable bonds is 5. The van der Waals surface area contributed by atoms with Crippen LogP contribution in [0.1, 0.15) is 31.2 Å². The Kier molecular flexibility index (Phi) is 6.19. The first-order valence-electron chi connectivity index (χ1n) is 11.3. The molecule has 2 saturated heterocycles. The Bertz CT molecular complexity index is 835. The predicted molar refractivity (Wildman–Crippen MR) is 118 cm³/mol. The lowest BCUT2D eigenvalue weighted by atomic mass is 9.87. The molecule has 3 fully saturated rings. The summed E-state index contributed by atoms with van der Waals surface area (Å²) in [7, 11) is 3.60. The van der Waals surface area contributed by atoms with Crippen LogP contribution in [0, 0.1) is 23.2 Å². The largest absolute Gasteiger partial charge is 0.331 e. The highest BCUT2D eigenvalue weighted by atomic mass is 16.2. The van der Waals surface area contributed by atoms with Crippen molar-refractivity contribution < 1.29 is 9.59 Å². The first-order chi connectivity index (χ1) is 14.9. The number of carbonyl (C=O) groups is 2. The predicted octanol–water partition coefficient (Wildman–Crippen LogP) is 2.10. The van der Waals surface area contributed by atoms with E-state index in [2.05, 4.69) is 35.7 Å². The Labute approximate surface area is 185 Å². The molecule has 1 aliphatic carbocycles. The van der Waals surface area contributed by atoms with Crippen LogP contribution in [0.3, 0.4) is 0 Å². The SMILES string of the molecule is CN(C)C(=O)N1C[C@@H]2C[C@](Cc3ccccc3)(NCC(=O)N3CCC[C@H]3C#N)C[C@@H]2C1. The second kappa shape index (κ2) is 8.88. The van der Waals surface area contributed by atoms with Gasteiger partial charge in [-0.2, -0.15) is 5.26 Å². The van der Waals surface area contributed by atoms with Gasteiger partial charge in [0, 0.05) is 39.3 Å². The average molecular weight is 424 g/mol. The van der Waals surface area contributed by atoms with Gasteiger partial charge in [0.15, 0.2) is 0 Å². The maximum absolute atomic E-state index is 12.9. The van der Waals surface area contributed by atoms with E-state index in [4.69, 9.17) is 0 Å². The fourth-order valence-electron chi connectivity index (χ4n) is 5.83. The summed E-state index contributed by atoms with van der Waals surface area (Å²) in [5.41, 5.74) is 1.11. The van der Waals surface area contributed by atoms with Crippen molar-refractivity contribution in [3.8, 4) is 6.07 Å². The van der Waals surface area contributed by atoms with Gasteiger partial charge >= 0.3 is 6.03 Å². The van der Waals surface area contributed by atoms with Crippen LogP contribution >= 0.6 is 0 Å². The number of nitrogens with zero attached hydrogens (tertiary/aromatic N) is 4. The van der Waals surface area contributed by atoms with E-state index in [-0.39, 0.29) is 30.1 Å². The molecule has 3 amide bonds. The van der Waals surface area contributed by atoms with Gasteiger partial charge in [-0.1, -0.05) is 30.3 Å². The van der Waals surface area contributed by atoms with Crippen molar-refractivity contribution in [1.82, 2.24) is 20.0 Å². The molecule has 0 bridgehead atoms. The van der Waals surface area contributed by atoms with Gasteiger partial charge in [0.25, 0.3) is 0 Å². The Morgan fingerprint density at radius 3 is 2.48 bits per heavy atom. The number of amides is 3. The molecule has 0 aromatic heterocycles. The summed E-state index contributed by atoms with van der Waals surface area (Å²) in [6, 6.07) is 12.5. The van der Waals surface area contributed by atoms with Crippen molar-refractivity contribution in [3.63, 3.8) is 0 Å². The number of hydrogen-bond donors (Lipinski definition) is 1. The first kappa shape index (κ1) is 21.6. The third kappa shape index (κ3) is 4.54. The Morgan fingerprint density at radius 2 is 1.87 bits per heavy atom. The lowest BCUT2D eigenvalue weighted by Crippen LogP contribution is -2.51. The van der Waals surface area contributed by atoms with Crippen molar-refractivity contribution in [2.24, 2.45) is 11.8 Å². The van der Waals surface area contributed by atoms with Crippen LogP contribution in [0.5, 0.6) is 0 Å². The van der Waals surface area contributed by atoms with E-state index in [9.17, 15) is 14.9 Å². The van der Waals surface area contributed by atoms with Crippen LogP contribution in [0.15, 0.2) is 30.3 Å². The highest BCUT2D eigenvalue weighted by Gasteiger charge is 2.50. The van der Waals surface area contributed by atoms with Crippen LogP contribution in [0.4, 0.5) is 4.79 Å². The zero-order valence-electron chi connectivity index (χ0n) is 18.6. The fourth-order valence-corrected chi connectivity index (χ4v) is 5.83. The molecule has 166 valence electrons. The van der Waals surface area contributed by atoms with Crippen LogP contribution in [0.25, 0.3) is 0 Å². The molecular formula is C24H33N5O2. The fraction of sp³-hybridized carbons (Fsp3) is 0.625. The minimum Gasteiger partial charge on any atom is -0.331 e. The van der Waals surface area contributed by atoms with Gasteiger partial charge in [0.05, 0.1) is 12.6 Å². The molecule has 0 unspecified atom stereocenters. The van der Waals surface area contributed by atoms with Crippen molar-refractivity contribution in [2.45, 2.75) is 43.7 Å². The van der Waals surface area contributed by atoms with E-state index in [0.717, 1.165) is 45.2 Å². The smallest absolute Gasteiger partial charge is 0.319 e. The molecule has 2 aliphatic heterocycles. The molecular weight excluding hydrogens is 390 g/mol. The van der Waals surface area contributed by atoms with Gasteiger partial charge in [0.1, 0.15) is 6.04 Å². The molecule has 2 heterocycles. The molecule has 1 aromatic rings. The van der Waals surface area contributed by atoms with E-state index in [0.29, 0.717) is 18.4 Å². The number of hydrogen-bond acceptors (Lipinski definition) is 4. The summed E-state index contributed by atoms with van der Waals surface area (Å²) >= 11 is 0. The maximum atomic E-state index is 12.9. The van der Waals surface area contributed by atoms with Gasteiger partial charge in [-0.3, -0.25) is 4.79 Å². The third-order valence-corrected chi connectivity index (χ3v) is 7.26. The van der Waals surface area contributed by atoms with Gasteiger partial charge < -0.3 is 20.0 Å². The lowest BCUT2D eigenvalue weighted by Gasteiger charge is -2.34. The number of fused-ring (bicyclic) bond motifs is 1. The lowest BCUT2D eigenvalue weighted by molar-refractivity contribution is -0.130. The summed E-state index contributed by atoms with van der Waals surface area (Å²) in [6.07, 6.45) is 4.46. The molecule has 7 heteroatoms. The van der Waals surface area contributed by atoms with E-state index >= 15 is 0 Å². The van der Waals surface area contributed by atoms with Crippen LogP contribution in [-0.2, 0) is 11.2 Å². The minimum absolute atomic E-state index is 0.0259. The molecule has 0 spiro atoms. The number of benzene rings is 1. The number of nitriles is 1.